The molecule has 0 saturated carbocycles. The van der Waals surface area contributed by atoms with Crippen molar-refractivity contribution in [2.75, 3.05) is 6.61 Å². The lowest BCUT2D eigenvalue weighted by Gasteiger charge is -2.15. The lowest BCUT2D eigenvalue weighted by molar-refractivity contribution is -0.142. The van der Waals surface area contributed by atoms with Gasteiger partial charge in [-0.1, -0.05) is 41.6 Å². The number of hydrogen-bond acceptors (Lipinski definition) is 5. The highest BCUT2D eigenvalue weighted by Crippen LogP contribution is 2.29. The maximum atomic E-state index is 13.4. The molecule has 0 bridgehead atoms. The van der Waals surface area contributed by atoms with Gasteiger partial charge in [0.15, 0.2) is 5.16 Å². The van der Waals surface area contributed by atoms with Crippen LogP contribution in [0.25, 0.3) is 27.6 Å². The van der Waals surface area contributed by atoms with Crippen LogP contribution in [0, 0.1) is 0 Å². The Morgan fingerprint density at radius 1 is 1.24 bits per heavy atom. The van der Waals surface area contributed by atoms with Gasteiger partial charge in [0.1, 0.15) is 16.3 Å². The first kappa shape index (κ1) is 19.5. The van der Waals surface area contributed by atoms with E-state index < -0.39 is 5.25 Å². The average Bonchev–Trinajstić information content (AvgIpc) is 3.08. The third-order valence-corrected chi connectivity index (χ3v) is 5.76. The molecule has 4 rings (SSSR count). The van der Waals surface area contributed by atoms with Gasteiger partial charge in [-0.3, -0.25) is 14.2 Å². The second-order valence-corrected chi connectivity index (χ2v) is 8.16. The zero-order chi connectivity index (χ0) is 20.5. The second kappa shape index (κ2) is 7.93. The minimum absolute atomic E-state index is 0.243. The van der Waals surface area contributed by atoms with E-state index in [0.717, 1.165) is 10.9 Å². The van der Waals surface area contributed by atoms with E-state index in [4.69, 9.17) is 21.3 Å². The number of halogens is 1. The highest BCUT2D eigenvalue weighted by atomic mass is 35.5. The van der Waals surface area contributed by atoms with E-state index in [9.17, 15) is 9.59 Å². The summed E-state index contributed by atoms with van der Waals surface area (Å²) in [4.78, 5) is 33.5. The number of nitrogens with zero attached hydrogens (tertiary/aromatic N) is 2. The van der Waals surface area contributed by atoms with Crippen LogP contribution in [0.15, 0.2) is 58.5 Å². The van der Waals surface area contributed by atoms with Crippen LogP contribution < -0.4 is 5.56 Å². The van der Waals surface area contributed by atoms with Gasteiger partial charge in [-0.2, -0.15) is 0 Å². The molecule has 2 aromatic heterocycles. The molecule has 1 unspecified atom stereocenters. The fourth-order valence-corrected chi connectivity index (χ4v) is 4.15. The first-order chi connectivity index (χ1) is 14.0. The number of aromatic amines is 1. The number of ether oxygens (including phenoxy) is 1. The van der Waals surface area contributed by atoms with Gasteiger partial charge in [-0.05, 0) is 44.2 Å². The van der Waals surface area contributed by atoms with Crippen molar-refractivity contribution < 1.29 is 9.53 Å². The van der Waals surface area contributed by atoms with Crippen molar-refractivity contribution in [1.82, 2.24) is 14.5 Å². The molecule has 2 heterocycles. The van der Waals surface area contributed by atoms with Crippen molar-refractivity contribution in [3.63, 3.8) is 0 Å². The molecule has 148 valence electrons. The molecule has 8 heteroatoms. The number of rotatable bonds is 5. The summed E-state index contributed by atoms with van der Waals surface area (Å²) in [6, 6.07) is 14.5. The summed E-state index contributed by atoms with van der Waals surface area (Å²) in [5.41, 5.74) is 2.19. The minimum Gasteiger partial charge on any atom is -0.465 e. The van der Waals surface area contributed by atoms with E-state index in [2.05, 4.69) is 4.98 Å². The molecule has 4 aromatic rings. The van der Waals surface area contributed by atoms with E-state index in [1.165, 1.54) is 16.3 Å². The summed E-state index contributed by atoms with van der Waals surface area (Å²) in [5.74, 6) is -0.353. The SMILES string of the molecule is CCOC(=O)C(C)Sc1nc2c([nH]c3ccccc32)c(=O)n1-c1ccc(Cl)cc1. The number of aromatic nitrogens is 3. The first-order valence-electron chi connectivity index (χ1n) is 9.12. The molecule has 0 aliphatic rings. The number of fused-ring (bicyclic) bond motifs is 3. The van der Waals surface area contributed by atoms with Crippen LogP contribution in [0.4, 0.5) is 0 Å². The second-order valence-electron chi connectivity index (χ2n) is 6.42. The lowest BCUT2D eigenvalue weighted by atomic mass is 10.2. The molecule has 0 amide bonds. The monoisotopic (exact) mass is 427 g/mol. The summed E-state index contributed by atoms with van der Waals surface area (Å²) in [7, 11) is 0. The van der Waals surface area contributed by atoms with Crippen LogP contribution in [0.1, 0.15) is 13.8 Å². The zero-order valence-electron chi connectivity index (χ0n) is 15.8. The van der Waals surface area contributed by atoms with E-state index in [-0.39, 0.29) is 11.5 Å². The fraction of sp³-hybridized carbons (Fsp3) is 0.190. The Morgan fingerprint density at radius 3 is 2.69 bits per heavy atom. The number of thioether (sulfide) groups is 1. The highest BCUT2D eigenvalue weighted by molar-refractivity contribution is 8.00. The van der Waals surface area contributed by atoms with E-state index >= 15 is 0 Å². The maximum Gasteiger partial charge on any atom is 0.319 e. The summed E-state index contributed by atoms with van der Waals surface area (Å²) in [5, 5.41) is 1.31. The first-order valence-corrected chi connectivity index (χ1v) is 10.4. The summed E-state index contributed by atoms with van der Waals surface area (Å²) < 4.78 is 6.61. The van der Waals surface area contributed by atoms with Crippen LogP contribution in [0.5, 0.6) is 0 Å². The number of para-hydroxylation sites is 1. The van der Waals surface area contributed by atoms with E-state index in [1.807, 2.05) is 24.3 Å². The number of carbonyl (C=O) groups excluding carboxylic acids is 1. The number of benzene rings is 2. The van der Waals surface area contributed by atoms with Gasteiger partial charge in [-0.25, -0.2) is 4.98 Å². The number of esters is 1. The summed E-state index contributed by atoms with van der Waals surface area (Å²) in [6.07, 6.45) is 0. The molecule has 0 fully saturated rings. The van der Waals surface area contributed by atoms with Gasteiger partial charge in [0.25, 0.3) is 5.56 Å². The standard InChI is InChI=1S/C21H18ClN3O3S/c1-3-28-20(27)12(2)29-21-24-17-15-6-4-5-7-16(15)23-18(17)19(26)25(21)14-10-8-13(22)9-11-14/h4-12,23H,3H2,1-2H3. The Hall–Kier alpha value is -2.77. The van der Waals surface area contributed by atoms with Gasteiger partial charge >= 0.3 is 5.97 Å². The molecule has 0 radical (unpaired) electrons. The van der Waals surface area contributed by atoms with E-state index in [0.29, 0.717) is 33.5 Å². The normalized spacial score (nSPS) is 12.4. The van der Waals surface area contributed by atoms with Crippen LogP contribution in [0.3, 0.4) is 0 Å². The van der Waals surface area contributed by atoms with Crippen molar-refractivity contribution in [1.29, 1.82) is 0 Å². The van der Waals surface area contributed by atoms with Crippen LogP contribution >= 0.6 is 23.4 Å². The van der Waals surface area contributed by atoms with E-state index in [1.54, 1.807) is 38.1 Å². The average molecular weight is 428 g/mol. The topological polar surface area (TPSA) is 77.0 Å². The smallest absolute Gasteiger partial charge is 0.319 e. The van der Waals surface area contributed by atoms with Gasteiger partial charge in [0.05, 0.1) is 12.3 Å². The fourth-order valence-electron chi connectivity index (χ4n) is 3.11. The molecule has 6 nitrogen and oxygen atoms in total. The van der Waals surface area contributed by atoms with Crippen molar-refractivity contribution in [2.45, 2.75) is 24.3 Å². The molecular weight excluding hydrogens is 410 g/mol. The number of nitrogens with one attached hydrogen (secondary N) is 1. The lowest BCUT2D eigenvalue weighted by Crippen LogP contribution is -2.24. The van der Waals surface area contributed by atoms with Crippen LogP contribution in [0.2, 0.25) is 5.02 Å². The molecule has 1 N–H and O–H groups in total. The van der Waals surface area contributed by atoms with Crippen molar-refractivity contribution in [3.05, 3.63) is 63.9 Å². The number of carbonyl (C=O) groups is 1. The quantitative estimate of drug-likeness (QED) is 0.287. The molecule has 29 heavy (non-hydrogen) atoms. The molecular formula is C21H18ClN3O3S. The van der Waals surface area contributed by atoms with Gasteiger partial charge in [-0.15, -0.1) is 0 Å². The predicted octanol–water partition coefficient (Wildman–Crippen LogP) is 4.56. The Morgan fingerprint density at radius 2 is 1.97 bits per heavy atom. The molecule has 0 aliphatic heterocycles. The highest BCUT2D eigenvalue weighted by Gasteiger charge is 2.22. The van der Waals surface area contributed by atoms with Crippen LogP contribution in [-0.2, 0) is 9.53 Å². The third-order valence-electron chi connectivity index (χ3n) is 4.48. The molecule has 2 aromatic carbocycles. The van der Waals surface area contributed by atoms with Crippen molar-refractivity contribution in [2.24, 2.45) is 0 Å². The molecule has 1 atom stereocenters. The Balaban J connectivity index is 1.95. The summed E-state index contributed by atoms with van der Waals surface area (Å²) in [6.45, 7) is 3.79. The number of H-pyrrole nitrogens is 1. The van der Waals surface area contributed by atoms with Gasteiger partial charge in [0.2, 0.25) is 0 Å². The maximum absolute atomic E-state index is 13.4. The van der Waals surface area contributed by atoms with Crippen molar-refractivity contribution >= 4 is 51.3 Å². The van der Waals surface area contributed by atoms with Gasteiger partial charge < -0.3 is 9.72 Å². The third kappa shape index (κ3) is 3.63. The molecule has 0 aliphatic carbocycles. The Labute approximate surface area is 175 Å². The van der Waals surface area contributed by atoms with Crippen LogP contribution in [-0.4, -0.2) is 32.4 Å². The number of hydrogen-bond donors (Lipinski definition) is 1. The summed E-state index contributed by atoms with van der Waals surface area (Å²) >= 11 is 7.20. The minimum atomic E-state index is -0.525. The predicted molar refractivity (Wildman–Crippen MR) is 116 cm³/mol. The zero-order valence-corrected chi connectivity index (χ0v) is 17.4. The largest absolute Gasteiger partial charge is 0.465 e. The van der Waals surface area contributed by atoms with Crippen molar-refractivity contribution in [3.8, 4) is 5.69 Å². The Kier molecular flexibility index (Phi) is 5.34. The molecule has 0 spiro atoms. The Bertz CT molecular complexity index is 1260. The van der Waals surface area contributed by atoms with Gasteiger partial charge in [0, 0.05) is 15.9 Å². The molecule has 0 saturated heterocycles.